The Morgan fingerprint density at radius 3 is 1.63 bits per heavy atom. The van der Waals surface area contributed by atoms with E-state index < -0.39 is 92.3 Å². The van der Waals surface area contributed by atoms with Crippen molar-refractivity contribution in [2.75, 3.05) is 13.2 Å². The average molecular weight is 436 g/mol. The molecule has 0 fully saturated rings. The highest BCUT2D eigenvalue weighted by Gasteiger charge is 2.31. The average Bonchev–Trinajstić information content (AvgIpc) is 2.66. The number of carbonyl (C=O) groups excluding carboxylic acids is 3. The third-order valence-corrected chi connectivity index (χ3v) is 3.62. The van der Waals surface area contributed by atoms with Gasteiger partial charge < -0.3 is 47.2 Å². The van der Waals surface area contributed by atoms with Crippen LogP contribution in [-0.4, -0.2) is 98.5 Å². The van der Waals surface area contributed by atoms with Crippen LogP contribution in [-0.2, 0) is 28.8 Å². The molecular weight excluding hydrogens is 412 g/mol. The molecule has 0 bridgehead atoms. The number of carboxylic acid groups (broad SMARTS) is 3. The third kappa shape index (κ3) is 9.76. The van der Waals surface area contributed by atoms with Crippen LogP contribution in [0.2, 0.25) is 0 Å². The normalized spacial score (nSPS) is 14.5. The lowest BCUT2D eigenvalue weighted by atomic mass is 10.1. The van der Waals surface area contributed by atoms with Crippen molar-refractivity contribution in [1.82, 2.24) is 16.0 Å². The van der Waals surface area contributed by atoms with E-state index in [0.29, 0.717) is 0 Å². The van der Waals surface area contributed by atoms with Crippen molar-refractivity contribution in [3.05, 3.63) is 0 Å². The Bertz CT molecular complexity index is 669. The van der Waals surface area contributed by atoms with E-state index in [0.717, 1.165) is 0 Å². The van der Waals surface area contributed by atoms with Gasteiger partial charge in [-0.1, -0.05) is 0 Å². The number of carboxylic acids is 3. The summed E-state index contributed by atoms with van der Waals surface area (Å²) in [6.45, 7) is -1.73. The van der Waals surface area contributed by atoms with E-state index in [9.17, 15) is 33.9 Å². The molecule has 0 aromatic rings. The van der Waals surface area contributed by atoms with Gasteiger partial charge >= 0.3 is 17.9 Å². The molecule has 0 aromatic carbocycles. The van der Waals surface area contributed by atoms with E-state index in [4.69, 9.17) is 26.2 Å². The number of nitrogens with two attached hydrogens (primary N) is 1. The molecule has 0 aromatic heterocycles. The Hall–Kier alpha value is -3.30. The van der Waals surface area contributed by atoms with Gasteiger partial charge in [0.2, 0.25) is 17.7 Å². The standard InChI is InChI=1S/C15H24N4O11/c16-6(4-20)12(26)19-9(5-21)14(28)18-8(3-11(24)25)13(27)17-7(15(29)30)1-2-10(22)23/h6-9,20-21H,1-5,16H2,(H,17,27)(H,18,28)(H,19,26)(H,22,23)(H,24,25)(H,29,30). The van der Waals surface area contributed by atoms with Gasteiger partial charge in [0, 0.05) is 6.42 Å². The molecule has 30 heavy (non-hydrogen) atoms. The van der Waals surface area contributed by atoms with Crippen LogP contribution in [0, 0.1) is 0 Å². The van der Waals surface area contributed by atoms with Gasteiger partial charge in [0.05, 0.1) is 19.6 Å². The van der Waals surface area contributed by atoms with Gasteiger partial charge in [-0.3, -0.25) is 24.0 Å². The van der Waals surface area contributed by atoms with Crippen LogP contribution in [0.15, 0.2) is 0 Å². The lowest BCUT2D eigenvalue weighted by molar-refractivity contribution is -0.144. The minimum atomic E-state index is -1.81. The maximum absolute atomic E-state index is 12.3. The highest BCUT2D eigenvalue weighted by atomic mass is 16.4. The Labute approximate surface area is 169 Å². The number of hydrogen-bond donors (Lipinski definition) is 9. The molecule has 15 nitrogen and oxygen atoms in total. The van der Waals surface area contributed by atoms with E-state index in [2.05, 4.69) is 0 Å². The van der Waals surface area contributed by atoms with Gasteiger partial charge in [0.1, 0.15) is 24.2 Å². The number of nitrogens with one attached hydrogen (secondary N) is 3. The lowest BCUT2D eigenvalue weighted by Crippen LogP contribution is -2.58. The predicted molar refractivity (Wildman–Crippen MR) is 94.7 cm³/mol. The van der Waals surface area contributed by atoms with Gasteiger partial charge in [0.25, 0.3) is 0 Å². The summed E-state index contributed by atoms with van der Waals surface area (Å²) in [5.74, 6) is -7.88. The Balaban J connectivity index is 5.27. The number of aliphatic carboxylic acids is 3. The number of hydrogen-bond acceptors (Lipinski definition) is 9. The highest BCUT2D eigenvalue weighted by molar-refractivity contribution is 5.95. The van der Waals surface area contributed by atoms with Crippen molar-refractivity contribution in [1.29, 1.82) is 0 Å². The molecule has 0 radical (unpaired) electrons. The SMILES string of the molecule is NC(CO)C(=O)NC(CO)C(=O)NC(CC(=O)O)C(=O)NC(CCC(=O)O)C(=O)O. The fourth-order valence-corrected chi connectivity index (χ4v) is 2.01. The quantitative estimate of drug-likeness (QED) is 0.124. The second-order valence-corrected chi connectivity index (χ2v) is 6.02. The summed E-state index contributed by atoms with van der Waals surface area (Å²) in [5.41, 5.74) is 5.25. The van der Waals surface area contributed by atoms with Crippen LogP contribution in [0.4, 0.5) is 0 Å². The first-order valence-corrected chi connectivity index (χ1v) is 8.47. The molecule has 4 unspecified atom stereocenters. The maximum Gasteiger partial charge on any atom is 0.326 e. The fourth-order valence-electron chi connectivity index (χ4n) is 2.01. The summed E-state index contributed by atoms with van der Waals surface area (Å²) >= 11 is 0. The second kappa shape index (κ2) is 13.0. The fraction of sp³-hybridized carbons (Fsp3) is 0.600. The zero-order valence-electron chi connectivity index (χ0n) is 15.6. The topological polar surface area (TPSA) is 266 Å². The van der Waals surface area contributed by atoms with Crippen molar-refractivity contribution >= 4 is 35.6 Å². The smallest absolute Gasteiger partial charge is 0.326 e. The van der Waals surface area contributed by atoms with Gasteiger partial charge in [-0.05, 0) is 6.42 Å². The minimum absolute atomic E-state index is 0.501. The molecule has 0 saturated carbocycles. The molecule has 0 saturated heterocycles. The summed E-state index contributed by atoms with van der Waals surface area (Å²) in [7, 11) is 0. The lowest BCUT2D eigenvalue weighted by Gasteiger charge is -2.23. The van der Waals surface area contributed by atoms with Crippen LogP contribution < -0.4 is 21.7 Å². The van der Waals surface area contributed by atoms with Crippen molar-refractivity contribution < 1.29 is 54.3 Å². The van der Waals surface area contributed by atoms with Crippen LogP contribution in [0.5, 0.6) is 0 Å². The van der Waals surface area contributed by atoms with E-state index >= 15 is 0 Å². The summed E-state index contributed by atoms with van der Waals surface area (Å²) in [4.78, 5) is 68.8. The molecule has 0 heterocycles. The van der Waals surface area contributed by atoms with Crippen molar-refractivity contribution in [2.45, 2.75) is 43.4 Å². The molecular formula is C15H24N4O11. The van der Waals surface area contributed by atoms with Crippen LogP contribution in [0.25, 0.3) is 0 Å². The van der Waals surface area contributed by atoms with Crippen molar-refractivity contribution in [3.63, 3.8) is 0 Å². The number of carbonyl (C=O) groups is 6. The van der Waals surface area contributed by atoms with Gasteiger partial charge in [0.15, 0.2) is 0 Å². The zero-order valence-corrected chi connectivity index (χ0v) is 15.6. The Morgan fingerprint density at radius 1 is 0.700 bits per heavy atom. The zero-order chi connectivity index (χ0) is 23.4. The number of amides is 3. The van der Waals surface area contributed by atoms with E-state index in [1.165, 1.54) is 0 Å². The Morgan fingerprint density at radius 2 is 1.20 bits per heavy atom. The molecule has 15 heteroatoms. The van der Waals surface area contributed by atoms with E-state index in [1.807, 2.05) is 16.0 Å². The number of aliphatic hydroxyl groups is 2. The second-order valence-electron chi connectivity index (χ2n) is 6.02. The third-order valence-electron chi connectivity index (χ3n) is 3.62. The first kappa shape index (κ1) is 26.7. The van der Waals surface area contributed by atoms with Crippen molar-refractivity contribution in [3.8, 4) is 0 Å². The van der Waals surface area contributed by atoms with Crippen LogP contribution in [0.3, 0.4) is 0 Å². The Kier molecular flexibility index (Phi) is 11.6. The molecule has 10 N–H and O–H groups in total. The summed E-state index contributed by atoms with van der Waals surface area (Å²) in [6.07, 6.45) is -2.08. The molecule has 0 spiro atoms. The molecule has 0 aliphatic rings. The highest BCUT2D eigenvalue weighted by Crippen LogP contribution is 2.02. The maximum atomic E-state index is 12.3. The molecule has 170 valence electrons. The monoisotopic (exact) mass is 436 g/mol. The molecule has 0 aliphatic carbocycles. The molecule has 0 aliphatic heterocycles. The van der Waals surface area contributed by atoms with Crippen LogP contribution >= 0.6 is 0 Å². The summed E-state index contributed by atoms with van der Waals surface area (Å²) < 4.78 is 0. The first-order valence-electron chi connectivity index (χ1n) is 8.47. The van der Waals surface area contributed by atoms with E-state index in [1.54, 1.807) is 0 Å². The number of aliphatic hydroxyl groups excluding tert-OH is 2. The summed E-state index contributed by atoms with van der Waals surface area (Å²) in [5, 5.41) is 50.5. The van der Waals surface area contributed by atoms with Gasteiger partial charge in [-0.15, -0.1) is 0 Å². The molecule has 4 atom stereocenters. The minimum Gasteiger partial charge on any atom is -0.481 e. The summed E-state index contributed by atoms with van der Waals surface area (Å²) in [6, 6.07) is -6.53. The predicted octanol–water partition coefficient (Wildman–Crippen LogP) is -4.82. The largest absolute Gasteiger partial charge is 0.481 e. The van der Waals surface area contributed by atoms with Crippen LogP contribution in [0.1, 0.15) is 19.3 Å². The first-order chi connectivity index (χ1) is 13.9. The molecule has 3 amide bonds. The molecule has 0 rings (SSSR count). The van der Waals surface area contributed by atoms with Gasteiger partial charge in [-0.25, -0.2) is 4.79 Å². The van der Waals surface area contributed by atoms with E-state index in [-0.39, 0.29) is 0 Å². The van der Waals surface area contributed by atoms with Crippen molar-refractivity contribution in [2.24, 2.45) is 5.73 Å². The number of rotatable bonds is 14. The van der Waals surface area contributed by atoms with Gasteiger partial charge in [-0.2, -0.15) is 0 Å².